The van der Waals surface area contributed by atoms with Gasteiger partial charge in [-0.05, 0) is 40.8 Å². The lowest BCUT2D eigenvalue weighted by molar-refractivity contribution is 0.598. The number of hydrogen-bond donors (Lipinski definition) is 2. The first-order chi connectivity index (χ1) is 6.88. The highest BCUT2D eigenvalue weighted by Crippen LogP contribution is 2.21. The summed E-state index contributed by atoms with van der Waals surface area (Å²) >= 11 is 7.89. The Morgan fingerprint density at radius 1 is 1.47 bits per heavy atom. The molecule has 0 amide bonds. The number of rotatable bonds is 4. The summed E-state index contributed by atoms with van der Waals surface area (Å²) in [6, 6.07) is 5.33. The summed E-state index contributed by atoms with van der Waals surface area (Å²) in [5.41, 5.74) is 0.851. The SMILES string of the molecule is NS(=O)(=O)CCNc1ccc(Cl)cc1I. The molecule has 0 fully saturated rings. The van der Waals surface area contributed by atoms with E-state index in [1.54, 1.807) is 18.2 Å². The van der Waals surface area contributed by atoms with Crippen molar-refractivity contribution in [1.29, 1.82) is 0 Å². The van der Waals surface area contributed by atoms with Gasteiger partial charge in [-0.25, -0.2) is 13.6 Å². The third kappa shape index (κ3) is 5.01. The topological polar surface area (TPSA) is 72.2 Å². The second-order valence-electron chi connectivity index (χ2n) is 2.92. The molecule has 0 bridgehead atoms. The number of sulfonamides is 1. The molecular formula is C8H10ClIN2O2S. The molecule has 0 aromatic heterocycles. The van der Waals surface area contributed by atoms with E-state index in [0.29, 0.717) is 5.02 Å². The average molecular weight is 361 g/mol. The van der Waals surface area contributed by atoms with Gasteiger partial charge in [-0.1, -0.05) is 11.6 Å². The fourth-order valence-electron chi connectivity index (χ4n) is 0.961. The maximum Gasteiger partial charge on any atom is 0.210 e. The zero-order valence-electron chi connectivity index (χ0n) is 7.70. The number of nitrogens with one attached hydrogen (secondary N) is 1. The fourth-order valence-corrected chi connectivity index (χ4v) is 2.41. The molecule has 0 atom stereocenters. The van der Waals surface area contributed by atoms with Gasteiger partial charge in [0.15, 0.2) is 0 Å². The van der Waals surface area contributed by atoms with Gasteiger partial charge in [0.2, 0.25) is 10.0 Å². The summed E-state index contributed by atoms with van der Waals surface area (Å²) in [5.74, 6) is -0.0916. The van der Waals surface area contributed by atoms with Gasteiger partial charge in [0.25, 0.3) is 0 Å². The monoisotopic (exact) mass is 360 g/mol. The molecule has 0 spiro atoms. The van der Waals surface area contributed by atoms with E-state index in [-0.39, 0.29) is 12.3 Å². The lowest BCUT2D eigenvalue weighted by Crippen LogP contribution is -2.22. The van der Waals surface area contributed by atoms with Crippen molar-refractivity contribution in [3.8, 4) is 0 Å². The molecule has 0 saturated carbocycles. The van der Waals surface area contributed by atoms with E-state index in [4.69, 9.17) is 16.7 Å². The highest BCUT2D eigenvalue weighted by Gasteiger charge is 2.03. The van der Waals surface area contributed by atoms with E-state index in [1.165, 1.54) is 0 Å². The molecule has 3 N–H and O–H groups in total. The summed E-state index contributed by atoms with van der Waals surface area (Å²) in [6.07, 6.45) is 0. The Kier molecular flexibility index (Phi) is 4.63. The van der Waals surface area contributed by atoms with Crippen molar-refractivity contribution in [1.82, 2.24) is 0 Å². The number of benzene rings is 1. The van der Waals surface area contributed by atoms with Crippen molar-refractivity contribution >= 4 is 49.9 Å². The van der Waals surface area contributed by atoms with Gasteiger partial charge >= 0.3 is 0 Å². The van der Waals surface area contributed by atoms with Crippen LogP contribution < -0.4 is 10.5 Å². The second-order valence-corrected chi connectivity index (χ2v) is 6.25. The predicted octanol–water partition coefficient (Wildman–Crippen LogP) is 1.65. The van der Waals surface area contributed by atoms with Crippen molar-refractivity contribution in [2.75, 3.05) is 17.6 Å². The number of halogens is 2. The number of nitrogens with two attached hydrogens (primary N) is 1. The van der Waals surface area contributed by atoms with Crippen LogP contribution in [0.1, 0.15) is 0 Å². The van der Waals surface area contributed by atoms with E-state index in [9.17, 15) is 8.42 Å². The molecule has 0 saturated heterocycles. The molecule has 0 unspecified atom stereocenters. The first-order valence-corrected chi connectivity index (χ1v) is 7.25. The van der Waals surface area contributed by atoms with Crippen molar-refractivity contribution in [2.24, 2.45) is 5.14 Å². The molecule has 0 aliphatic rings. The van der Waals surface area contributed by atoms with Crippen molar-refractivity contribution in [2.45, 2.75) is 0 Å². The van der Waals surface area contributed by atoms with Gasteiger partial charge in [0.05, 0.1) is 5.75 Å². The third-order valence-corrected chi connectivity index (χ3v) is 3.53. The zero-order chi connectivity index (χ0) is 11.5. The van der Waals surface area contributed by atoms with Crippen LogP contribution in [0.5, 0.6) is 0 Å². The molecule has 7 heteroatoms. The van der Waals surface area contributed by atoms with Crippen LogP contribution in [0.25, 0.3) is 0 Å². The number of anilines is 1. The highest BCUT2D eigenvalue weighted by atomic mass is 127. The second kappa shape index (κ2) is 5.33. The van der Waals surface area contributed by atoms with Crippen LogP contribution in [0, 0.1) is 3.57 Å². The molecule has 0 aliphatic heterocycles. The van der Waals surface area contributed by atoms with E-state index >= 15 is 0 Å². The van der Waals surface area contributed by atoms with Gasteiger partial charge in [-0.15, -0.1) is 0 Å². The Labute approximate surface area is 107 Å². The first-order valence-electron chi connectivity index (χ1n) is 4.08. The minimum absolute atomic E-state index is 0.0916. The van der Waals surface area contributed by atoms with Gasteiger partial charge in [-0.3, -0.25) is 0 Å². The Bertz CT molecular complexity index is 450. The van der Waals surface area contributed by atoms with Gasteiger partial charge in [-0.2, -0.15) is 0 Å². The summed E-state index contributed by atoms with van der Waals surface area (Å²) in [7, 11) is -3.41. The lowest BCUT2D eigenvalue weighted by atomic mass is 10.3. The number of hydrogen-bond acceptors (Lipinski definition) is 3. The fraction of sp³-hybridized carbons (Fsp3) is 0.250. The van der Waals surface area contributed by atoms with E-state index in [2.05, 4.69) is 27.9 Å². The molecule has 1 rings (SSSR count). The molecule has 15 heavy (non-hydrogen) atoms. The minimum atomic E-state index is -3.41. The average Bonchev–Trinajstić information content (AvgIpc) is 2.07. The quantitative estimate of drug-likeness (QED) is 0.802. The normalized spacial score (nSPS) is 11.4. The van der Waals surface area contributed by atoms with Crippen molar-refractivity contribution in [3.05, 3.63) is 26.8 Å². The number of primary sulfonamides is 1. The van der Waals surface area contributed by atoms with E-state index < -0.39 is 10.0 Å². The molecule has 1 aromatic rings. The van der Waals surface area contributed by atoms with Crippen LogP contribution in [0.2, 0.25) is 5.02 Å². The molecular weight excluding hydrogens is 351 g/mol. The summed E-state index contributed by atoms with van der Waals surface area (Å²) in [6.45, 7) is 0.288. The highest BCUT2D eigenvalue weighted by molar-refractivity contribution is 14.1. The van der Waals surface area contributed by atoms with Crippen LogP contribution in [-0.2, 0) is 10.0 Å². The van der Waals surface area contributed by atoms with Crippen molar-refractivity contribution < 1.29 is 8.42 Å². The maximum absolute atomic E-state index is 10.7. The predicted molar refractivity (Wildman–Crippen MR) is 70.6 cm³/mol. The Hall–Kier alpha value is -0.0500. The summed E-state index contributed by atoms with van der Waals surface area (Å²) in [5, 5.41) is 8.49. The zero-order valence-corrected chi connectivity index (χ0v) is 11.4. The Morgan fingerprint density at radius 2 is 2.13 bits per heavy atom. The van der Waals surface area contributed by atoms with E-state index in [1.807, 2.05) is 0 Å². The molecule has 84 valence electrons. The van der Waals surface area contributed by atoms with Gasteiger partial charge < -0.3 is 5.32 Å². The third-order valence-electron chi connectivity index (χ3n) is 1.63. The largest absolute Gasteiger partial charge is 0.383 e. The van der Waals surface area contributed by atoms with Gasteiger partial charge in [0.1, 0.15) is 0 Å². The smallest absolute Gasteiger partial charge is 0.210 e. The van der Waals surface area contributed by atoms with Crippen LogP contribution in [0.15, 0.2) is 18.2 Å². The van der Waals surface area contributed by atoms with Crippen molar-refractivity contribution in [3.63, 3.8) is 0 Å². The lowest BCUT2D eigenvalue weighted by Gasteiger charge is -2.07. The van der Waals surface area contributed by atoms with Gasteiger partial charge in [0, 0.05) is 20.8 Å². The maximum atomic E-state index is 10.7. The Balaban J connectivity index is 2.59. The first kappa shape index (κ1) is 13.0. The summed E-state index contributed by atoms with van der Waals surface area (Å²) < 4.78 is 22.3. The van der Waals surface area contributed by atoms with E-state index in [0.717, 1.165) is 9.26 Å². The van der Waals surface area contributed by atoms with Crippen LogP contribution >= 0.6 is 34.2 Å². The standard InChI is InChI=1S/C8H10ClIN2O2S/c9-6-1-2-8(7(10)5-6)12-3-4-15(11,13)14/h1-2,5,12H,3-4H2,(H2,11,13,14). The molecule has 1 aromatic carbocycles. The van der Waals surface area contributed by atoms with Crippen LogP contribution in [0.4, 0.5) is 5.69 Å². The Morgan fingerprint density at radius 3 is 2.67 bits per heavy atom. The molecule has 4 nitrogen and oxygen atoms in total. The minimum Gasteiger partial charge on any atom is -0.383 e. The van der Waals surface area contributed by atoms with Crippen LogP contribution in [0.3, 0.4) is 0 Å². The summed E-state index contributed by atoms with van der Waals surface area (Å²) in [4.78, 5) is 0. The van der Waals surface area contributed by atoms with Crippen LogP contribution in [-0.4, -0.2) is 20.7 Å². The molecule has 0 heterocycles. The molecule has 0 aliphatic carbocycles. The molecule has 0 radical (unpaired) electrons.